The van der Waals surface area contributed by atoms with Crippen molar-refractivity contribution in [1.82, 2.24) is 0 Å². The number of rotatable bonds is 0. The largest absolute Gasteiger partial charge is 0.0620 e. The van der Waals surface area contributed by atoms with Crippen LogP contribution in [0.1, 0.15) is 59.8 Å². The van der Waals surface area contributed by atoms with Crippen LogP contribution >= 0.6 is 0 Å². The van der Waals surface area contributed by atoms with Crippen LogP contribution in [-0.4, -0.2) is 0 Å². The molecule has 0 heteroatoms. The molecule has 2 bridgehead atoms. The van der Waals surface area contributed by atoms with Gasteiger partial charge in [0.1, 0.15) is 0 Å². The SMILES string of the molecule is CC1[C@H]2CC[C@@]3(C2)[C@@H](C)CC[C@H]3C1(C)C. The highest BCUT2D eigenvalue weighted by Gasteiger charge is 2.62. The molecule has 1 spiro atoms. The molecule has 5 atom stereocenters. The van der Waals surface area contributed by atoms with Crippen LogP contribution in [0, 0.1) is 34.5 Å². The molecule has 0 heterocycles. The van der Waals surface area contributed by atoms with Crippen molar-refractivity contribution >= 4 is 0 Å². The lowest BCUT2D eigenvalue weighted by atomic mass is 9.52. The second kappa shape index (κ2) is 2.81. The monoisotopic (exact) mass is 206 g/mol. The van der Waals surface area contributed by atoms with E-state index in [0.717, 1.165) is 29.1 Å². The summed E-state index contributed by atoms with van der Waals surface area (Å²) in [4.78, 5) is 0. The van der Waals surface area contributed by atoms with E-state index in [-0.39, 0.29) is 0 Å². The van der Waals surface area contributed by atoms with Crippen LogP contribution in [0.25, 0.3) is 0 Å². The first kappa shape index (κ1) is 10.2. The topological polar surface area (TPSA) is 0 Å². The minimum Gasteiger partial charge on any atom is -0.0620 e. The molecule has 0 nitrogen and oxygen atoms in total. The number of hydrogen-bond donors (Lipinski definition) is 0. The lowest BCUT2D eigenvalue weighted by Crippen LogP contribution is -2.46. The summed E-state index contributed by atoms with van der Waals surface area (Å²) >= 11 is 0. The zero-order valence-corrected chi connectivity index (χ0v) is 10.8. The Balaban J connectivity index is 2.05. The fourth-order valence-electron chi connectivity index (χ4n) is 5.71. The average Bonchev–Trinajstić information content (AvgIpc) is 2.71. The third-order valence-corrected chi connectivity index (χ3v) is 6.97. The number of fused-ring (bicyclic) bond motifs is 1. The highest BCUT2D eigenvalue weighted by Crippen LogP contribution is 2.70. The van der Waals surface area contributed by atoms with Crippen molar-refractivity contribution in [1.29, 1.82) is 0 Å². The molecule has 86 valence electrons. The Bertz CT molecular complexity index is 278. The van der Waals surface area contributed by atoms with Crippen LogP contribution in [0.15, 0.2) is 0 Å². The van der Waals surface area contributed by atoms with Gasteiger partial charge in [-0.05, 0) is 66.6 Å². The van der Waals surface area contributed by atoms with E-state index in [9.17, 15) is 0 Å². The molecular formula is C15H26. The van der Waals surface area contributed by atoms with E-state index in [1.807, 2.05) is 0 Å². The summed E-state index contributed by atoms with van der Waals surface area (Å²) in [5.41, 5.74) is 1.39. The molecule has 0 N–H and O–H groups in total. The molecule has 15 heavy (non-hydrogen) atoms. The van der Waals surface area contributed by atoms with Gasteiger partial charge in [0.25, 0.3) is 0 Å². The van der Waals surface area contributed by atoms with Gasteiger partial charge in [-0.2, -0.15) is 0 Å². The van der Waals surface area contributed by atoms with E-state index in [2.05, 4.69) is 27.7 Å². The molecule has 0 amide bonds. The quantitative estimate of drug-likeness (QED) is 0.547. The first-order valence-electron chi connectivity index (χ1n) is 6.98. The first-order valence-corrected chi connectivity index (χ1v) is 6.98. The van der Waals surface area contributed by atoms with Gasteiger partial charge in [0.2, 0.25) is 0 Å². The van der Waals surface area contributed by atoms with E-state index in [4.69, 9.17) is 0 Å². The van der Waals surface area contributed by atoms with Crippen molar-refractivity contribution in [3.05, 3.63) is 0 Å². The van der Waals surface area contributed by atoms with Gasteiger partial charge in [-0.25, -0.2) is 0 Å². The van der Waals surface area contributed by atoms with Gasteiger partial charge in [-0.1, -0.05) is 27.7 Å². The van der Waals surface area contributed by atoms with Crippen LogP contribution in [-0.2, 0) is 0 Å². The smallest absolute Gasteiger partial charge is 0.0235 e. The van der Waals surface area contributed by atoms with Crippen LogP contribution < -0.4 is 0 Å². The third-order valence-electron chi connectivity index (χ3n) is 6.97. The summed E-state index contributed by atoms with van der Waals surface area (Å²) in [6.07, 6.45) is 7.69. The molecule has 1 unspecified atom stereocenters. The fraction of sp³-hybridized carbons (Fsp3) is 1.00. The maximum absolute atomic E-state index is 2.56. The highest BCUT2D eigenvalue weighted by molar-refractivity contribution is 5.11. The lowest BCUT2D eigenvalue weighted by molar-refractivity contribution is -0.0410. The Morgan fingerprint density at radius 1 is 1.00 bits per heavy atom. The molecule has 0 aliphatic heterocycles. The standard InChI is InChI=1S/C15H26/c1-10-5-6-13-14(3,4)11(2)12-7-8-15(10,13)9-12/h10-13H,5-9H2,1-4H3/t10-,11?,12-,13-,15+/m0/s1. The zero-order valence-electron chi connectivity index (χ0n) is 10.8. The maximum atomic E-state index is 2.56. The second-order valence-corrected chi connectivity index (χ2v) is 7.38. The fourth-order valence-corrected chi connectivity index (χ4v) is 5.71. The van der Waals surface area contributed by atoms with Gasteiger partial charge in [0.05, 0.1) is 0 Å². The van der Waals surface area contributed by atoms with Crippen molar-refractivity contribution < 1.29 is 0 Å². The van der Waals surface area contributed by atoms with Gasteiger partial charge >= 0.3 is 0 Å². The summed E-state index contributed by atoms with van der Waals surface area (Å²) < 4.78 is 0. The van der Waals surface area contributed by atoms with Gasteiger partial charge in [-0.15, -0.1) is 0 Å². The van der Waals surface area contributed by atoms with Crippen LogP contribution in [0.2, 0.25) is 0 Å². The highest BCUT2D eigenvalue weighted by atomic mass is 14.7. The summed E-state index contributed by atoms with van der Waals surface area (Å²) in [6, 6.07) is 0. The Hall–Kier alpha value is 0. The Morgan fingerprint density at radius 2 is 1.73 bits per heavy atom. The van der Waals surface area contributed by atoms with E-state index < -0.39 is 0 Å². The molecule has 0 aromatic carbocycles. The molecule has 3 aliphatic rings. The van der Waals surface area contributed by atoms with Gasteiger partial charge < -0.3 is 0 Å². The van der Waals surface area contributed by atoms with Crippen LogP contribution in [0.5, 0.6) is 0 Å². The van der Waals surface area contributed by atoms with Gasteiger partial charge in [-0.3, -0.25) is 0 Å². The molecule has 3 fully saturated rings. The molecular weight excluding hydrogens is 180 g/mol. The van der Waals surface area contributed by atoms with Crippen molar-refractivity contribution in [2.45, 2.75) is 59.8 Å². The Morgan fingerprint density at radius 3 is 2.47 bits per heavy atom. The summed E-state index contributed by atoms with van der Waals surface area (Å²) in [5, 5.41) is 0. The van der Waals surface area contributed by atoms with Gasteiger partial charge in [0, 0.05) is 0 Å². The lowest BCUT2D eigenvalue weighted by Gasteiger charge is -2.52. The van der Waals surface area contributed by atoms with Crippen molar-refractivity contribution in [3.63, 3.8) is 0 Å². The van der Waals surface area contributed by atoms with E-state index in [0.29, 0.717) is 5.41 Å². The maximum Gasteiger partial charge on any atom is -0.0235 e. The van der Waals surface area contributed by atoms with Crippen LogP contribution in [0.3, 0.4) is 0 Å². The molecule has 0 aromatic heterocycles. The zero-order chi connectivity index (χ0) is 10.8. The van der Waals surface area contributed by atoms with Crippen LogP contribution in [0.4, 0.5) is 0 Å². The number of hydrogen-bond acceptors (Lipinski definition) is 0. The molecule has 0 radical (unpaired) electrons. The van der Waals surface area contributed by atoms with Gasteiger partial charge in [0.15, 0.2) is 0 Å². The predicted octanol–water partition coefficient (Wildman–Crippen LogP) is 4.49. The summed E-state index contributed by atoms with van der Waals surface area (Å²) in [6.45, 7) is 10.2. The first-order chi connectivity index (χ1) is 6.98. The molecule has 3 rings (SSSR count). The second-order valence-electron chi connectivity index (χ2n) is 7.38. The minimum absolute atomic E-state index is 0.615. The molecule has 3 aliphatic carbocycles. The van der Waals surface area contributed by atoms with E-state index >= 15 is 0 Å². The van der Waals surface area contributed by atoms with Crippen molar-refractivity contribution in [2.75, 3.05) is 0 Å². The summed E-state index contributed by atoms with van der Waals surface area (Å²) in [7, 11) is 0. The Labute approximate surface area is 94.8 Å². The average molecular weight is 206 g/mol. The molecule has 3 saturated carbocycles. The predicted molar refractivity (Wildman–Crippen MR) is 64.6 cm³/mol. The minimum atomic E-state index is 0.615. The molecule has 0 saturated heterocycles. The Kier molecular flexibility index (Phi) is 1.91. The van der Waals surface area contributed by atoms with E-state index in [1.165, 1.54) is 19.3 Å². The summed E-state index contributed by atoms with van der Waals surface area (Å²) in [5.74, 6) is 4.06. The van der Waals surface area contributed by atoms with E-state index in [1.54, 1.807) is 12.8 Å². The molecule has 0 aromatic rings. The van der Waals surface area contributed by atoms with Crippen molar-refractivity contribution in [2.24, 2.45) is 34.5 Å². The normalized spacial score (nSPS) is 56.8. The van der Waals surface area contributed by atoms with Crippen molar-refractivity contribution in [3.8, 4) is 0 Å². The third kappa shape index (κ3) is 1.04.